The van der Waals surface area contributed by atoms with Crippen LogP contribution in [0, 0.1) is 5.82 Å². The van der Waals surface area contributed by atoms with Crippen LogP contribution in [-0.4, -0.2) is 20.3 Å². The van der Waals surface area contributed by atoms with Crippen LogP contribution in [0.4, 0.5) is 4.39 Å². The molecule has 0 amide bonds. The summed E-state index contributed by atoms with van der Waals surface area (Å²) in [4.78, 5) is 0. The van der Waals surface area contributed by atoms with Gasteiger partial charge < -0.3 is 14.8 Å². The number of hydrogen-bond donors (Lipinski definition) is 1. The number of ether oxygens (including phenoxy) is 2. The van der Waals surface area contributed by atoms with Gasteiger partial charge in [0.25, 0.3) is 0 Å². The molecule has 2 aromatic rings. The minimum Gasteiger partial charge on any atom is -0.489 e. The highest BCUT2D eigenvalue weighted by molar-refractivity contribution is 5.29. The van der Waals surface area contributed by atoms with Gasteiger partial charge in [-0.2, -0.15) is 0 Å². The van der Waals surface area contributed by atoms with E-state index < -0.39 is 0 Å². The van der Waals surface area contributed by atoms with E-state index in [1.54, 1.807) is 19.2 Å². The van der Waals surface area contributed by atoms with Crippen molar-refractivity contribution in [3.05, 3.63) is 65.5 Å². The molecular formula is C17H20FNO2. The molecule has 4 heteroatoms. The highest BCUT2D eigenvalue weighted by Gasteiger charge is 1.99. The van der Waals surface area contributed by atoms with Crippen LogP contribution >= 0.6 is 0 Å². The van der Waals surface area contributed by atoms with Gasteiger partial charge >= 0.3 is 0 Å². The van der Waals surface area contributed by atoms with Crippen molar-refractivity contribution >= 4 is 0 Å². The molecule has 2 rings (SSSR count). The highest BCUT2D eigenvalue weighted by atomic mass is 19.1. The van der Waals surface area contributed by atoms with E-state index in [1.807, 2.05) is 24.3 Å². The second-order valence-electron chi connectivity index (χ2n) is 4.73. The summed E-state index contributed by atoms with van der Waals surface area (Å²) in [6, 6.07) is 14.3. The van der Waals surface area contributed by atoms with Crippen LogP contribution in [0.1, 0.15) is 11.1 Å². The Hall–Kier alpha value is -1.91. The Morgan fingerprint density at radius 1 is 1.05 bits per heavy atom. The van der Waals surface area contributed by atoms with Gasteiger partial charge in [-0.15, -0.1) is 0 Å². The van der Waals surface area contributed by atoms with Crippen LogP contribution in [0.25, 0.3) is 0 Å². The highest BCUT2D eigenvalue weighted by Crippen LogP contribution is 2.15. The summed E-state index contributed by atoms with van der Waals surface area (Å²) in [6.07, 6.45) is 0. The third-order valence-corrected chi connectivity index (χ3v) is 3.03. The number of methoxy groups -OCH3 is 1. The molecule has 112 valence electrons. The maximum atomic E-state index is 12.8. The van der Waals surface area contributed by atoms with Gasteiger partial charge in [0.1, 0.15) is 18.2 Å². The van der Waals surface area contributed by atoms with E-state index in [0.29, 0.717) is 13.2 Å². The number of hydrogen-bond acceptors (Lipinski definition) is 3. The van der Waals surface area contributed by atoms with E-state index in [2.05, 4.69) is 5.32 Å². The molecule has 0 bridgehead atoms. The van der Waals surface area contributed by atoms with Crippen molar-refractivity contribution < 1.29 is 13.9 Å². The molecule has 0 heterocycles. The van der Waals surface area contributed by atoms with Crippen LogP contribution in [0.2, 0.25) is 0 Å². The number of benzene rings is 2. The Labute approximate surface area is 124 Å². The zero-order valence-corrected chi connectivity index (χ0v) is 12.1. The van der Waals surface area contributed by atoms with E-state index in [9.17, 15) is 4.39 Å². The van der Waals surface area contributed by atoms with Crippen molar-refractivity contribution in [1.82, 2.24) is 5.32 Å². The number of rotatable bonds is 8. The first-order valence-corrected chi connectivity index (χ1v) is 6.94. The zero-order chi connectivity index (χ0) is 14.9. The molecule has 1 N–H and O–H groups in total. The average Bonchev–Trinajstić information content (AvgIpc) is 2.52. The van der Waals surface area contributed by atoms with Gasteiger partial charge in [-0.05, 0) is 35.4 Å². The summed E-state index contributed by atoms with van der Waals surface area (Å²) in [6.45, 7) is 2.72. The molecule has 0 aliphatic rings. The van der Waals surface area contributed by atoms with E-state index in [4.69, 9.17) is 9.47 Å². The SMILES string of the molecule is COCCNCc1cccc(OCc2ccc(F)cc2)c1. The van der Waals surface area contributed by atoms with Gasteiger partial charge in [0, 0.05) is 20.2 Å². The summed E-state index contributed by atoms with van der Waals surface area (Å²) in [7, 11) is 1.69. The topological polar surface area (TPSA) is 30.5 Å². The molecule has 0 fully saturated rings. The minimum atomic E-state index is -0.233. The Morgan fingerprint density at radius 3 is 2.62 bits per heavy atom. The Morgan fingerprint density at radius 2 is 1.86 bits per heavy atom. The molecule has 0 unspecified atom stereocenters. The van der Waals surface area contributed by atoms with Crippen molar-refractivity contribution in [3.63, 3.8) is 0 Å². The Balaban J connectivity index is 1.84. The molecule has 0 saturated heterocycles. The maximum absolute atomic E-state index is 12.8. The second-order valence-corrected chi connectivity index (χ2v) is 4.73. The van der Waals surface area contributed by atoms with Crippen molar-refractivity contribution in [1.29, 1.82) is 0 Å². The summed E-state index contributed by atoms with van der Waals surface area (Å²) >= 11 is 0. The molecule has 0 saturated carbocycles. The molecule has 0 aromatic heterocycles. The van der Waals surface area contributed by atoms with Crippen LogP contribution in [0.5, 0.6) is 5.75 Å². The molecule has 21 heavy (non-hydrogen) atoms. The van der Waals surface area contributed by atoms with Crippen molar-refractivity contribution in [2.75, 3.05) is 20.3 Å². The number of halogens is 1. The fraction of sp³-hybridized carbons (Fsp3) is 0.294. The van der Waals surface area contributed by atoms with Gasteiger partial charge in [-0.25, -0.2) is 4.39 Å². The fourth-order valence-electron chi connectivity index (χ4n) is 1.90. The van der Waals surface area contributed by atoms with E-state index in [0.717, 1.165) is 30.0 Å². The predicted molar refractivity (Wildman–Crippen MR) is 80.8 cm³/mol. The van der Waals surface area contributed by atoms with Crippen molar-refractivity contribution in [2.24, 2.45) is 0 Å². The maximum Gasteiger partial charge on any atom is 0.123 e. The quantitative estimate of drug-likeness (QED) is 0.757. The van der Waals surface area contributed by atoms with Gasteiger partial charge in [-0.1, -0.05) is 24.3 Å². The molecule has 3 nitrogen and oxygen atoms in total. The van der Waals surface area contributed by atoms with Crippen LogP contribution in [0.15, 0.2) is 48.5 Å². The molecule has 0 aliphatic heterocycles. The average molecular weight is 289 g/mol. The molecular weight excluding hydrogens is 269 g/mol. The Kier molecular flexibility index (Phi) is 6.19. The minimum absolute atomic E-state index is 0.233. The monoisotopic (exact) mass is 289 g/mol. The summed E-state index contributed by atoms with van der Waals surface area (Å²) < 4.78 is 23.5. The molecule has 0 radical (unpaired) electrons. The lowest BCUT2D eigenvalue weighted by Gasteiger charge is -2.09. The summed E-state index contributed by atoms with van der Waals surface area (Å²) in [5.41, 5.74) is 2.10. The largest absolute Gasteiger partial charge is 0.489 e. The predicted octanol–water partition coefficient (Wildman–Crippen LogP) is 3.14. The third kappa shape index (κ3) is 5.53. The van der Waals surface area contributed by atoms with Crippen LogP contribution < -0.4 is 10.1 Å². The van der Waals surface area contributed by atoms with Gasteiger partial charge in [0.2, 0.25) is 0 Å². The standard InChI is InChI=1S/C17H20FNO2/c1-20-10-9-19-12-15-3-2-4-17(11-15)21-13-14-5-7-16(18)8-6-14/h2-8,11,19H,9-10,12-13H2,1H3. The second kappa shape index (κ2) is 8.39. The van der Waals surface area contributed by atoms with Crippen LogP contribution in [0.3, 0.4) is 0 Å². The third-order valence-electron chi connectivity index (χ3n) is 3.03. The summed E-state index contributed by atoms with van der Waals surface area (Å²) in [5.74, 6) is 0.577. The van der Waals surface area contributed by atoms with Crippen LogP contribution in [-0.2, 0) is 17.9 Å². The smallest absolute Gasteiger partial charge is 0.123 e. The zero-order valence-electron chi connectivity index (χ0n) is 12.1. The number of nitrogens with one attached hydrogen (secondary N) is 1. The lowest BCUT2D eigenvalue weighted by molar-refractivity contribution is 0.199. The van der Waals surface area contributed by atoms with E-state index in [1.165, 1.54) is 12.1 Å². The first-order chi connectivity index (χ1) is 10.3. The summed E-state index contributed by atoms with van der Waals surface area (Å²) in [5, 5.41) is 3.29. The first kappa shape index (κ1) is 15.5. The van der Waals surface area contributed by atoms with Crippen molar-refractivity contribution in [2.45, 2.75) is 13.2 Å². The van der Waals surface area contributed by atoms with Gasteiger partial charge in [0.05, 0.1) is 6.61 Å². The first-order valence-electron chi connectivity index (χ1n) is 6.94. The normalized spacial score (nSPS) is 10.6. The molecule has 0 aliphatic carbocycles. The van der Waals surface area contributed by atoms with Gasteiger partial charge in [0.15, 0.2) is 0 Å². The van der Waals surface area contributed by atoms with Crippen molar-refractivity contribution in [3.8, 4) is 5.75 Å². The van der Waals surface area contributed by atoms with E-state index in [-0.39, 0.29) is 5.82 Å². The lowest BCUT2D eigenvalue weighted by atomic mass is 10.2. The molecule has 0 spiro atoms. The lowest BCUT2D eigenvalue weighted by Crippen LogP contribution is -2.18. The molecule has 0 atom stereocenters. The van der Waals surface area contributed by atoms with Gasteiger partial charge in [-0.3, -0.25) is 0 Å². The Bertz CT molecular complexity index is 543. The molecule has 2 aromatic carbocycles. The van der Waals surface area contributed by atoms with E-state index >= 15 is 0 Å². The fourth-order valence-corrected chi connectivity index (χ4v) is 1.90.